The third-order valence-corrected chi connectivity index (χ3v) is 5.05. The highest BCUT2D eigenvalue weighted by Crippen LogP contribution is 2.21. The van der Waals surface area contributed by atoms with Gasteiger partial charge in [-0.25, -0.2) is 4.79 Å². The Labute approximate surface area is 163 Å². The zero-order valence-corrected chi connectivity index (χ0v) is 17.8. The van der Waals surface area contributed by atoms with E-state index in [-0.39, 0.29) is 23.7 Å². The van der Waals surface area contributed by atoms with Gasteiger partial charge in [0.05, 0.1) is 12.1 Å². The number of carbonyl (C=O) groups is 3. The second-order valence-corrected chi connectivity index (χ2v) is 8.24. The minimum atomic E-state index is -0.779. The number of esters is 1. The smallest absolute Gasteiger partial charge is 0.328 e. The molecule has 156 valence electrons. The van der Waals surface area contributed by atoms with Crippen molar-refractivity contribution in [3.8, 4) is 0 Å². The minimum absolute atomic E-state index is 0.195. The van der Waals surface area contributed by atoms with Crippen molar-refractivity contribution in [1.82, 2.24) is 15.5 Å². The van der Waals surface area contributed by atoms with Crippen LogP contribution in [0.25, 0.3) is 0 Å². The number of unbranched alkanes of at least 4 members (excludes halogenated alkanes) is 1. The molecule has 0 aromatic heterocycles. The van der Waals surface area contributed by atoms with Gasteiger partial charge in [-0.2, -0.15) is 0 Å². The lowest BCUT2D eigenvalue weighted by molar-refractivity contribution is -0.154. The maximum atomic E-state index is 13.2. The summed E-state index contributed by atoms with van der Waals surface area (Å²) in [7, 11) is 1.71. The summed E-state index contributed by atoms with van der Waals surface area (Å²) in [6.07, 6.45) is 3.67. The predicted molar refractivity (Wildman–Crippen MR) is 105 cm³/mol. The van der Waals surface area contributed by atoms with Crippen molar-refractivity contribution in [2.75, 3.05) is 20.2 Å². The van der Waals surface area contributed by atoms with Gasteiger partial charge in [0.1, 0.15) is 12.1 Å². The van der Waals surface area contributed by atoms with Crippen LogP contribution in [0, 0.1) is 5.92 Å². The molecule has 2 N–H and O–H groups in total. The minimum Gasteiger partial charge on any atom is -0.464 e. The van der Waals surface area contributed by atoms with Gasteiger partial charge in [-0.15, -0.1) is 0 Å². The molecule has 1 rings (SSSR count). The van der Waals surface area contributed by atoms with E-state index >= 15 is 0 Å². The lowest BCUT2D eigenvalue weighted by atomic mass is 9.99. The van der Waals surface area contributed by atoms with Crippen molar-refractivity contribution in [2.45, 2.75) is 84.3 Å². The van der Waals surface area contributed by atoms with Gasteiger partial charge < -0.3 is 20.3 Å². The van der Waals surface area contributed by atoms with E-state index < -0.39 is 17.6 Å². The quantitative estimate of drug-likeness (QED) is 0.444. The molecule has 27 heavy (non-hydrogen) atoms. The summed E-state index contributed by atoms with van der Waals surface area (Å²) in [5.41, 5.74) is -0.779. The molecule has 1 saturated heterocycles. The number of hydrogen-bond acceptors (Lipinski definition) is 5. The fourth-order valence-corrected chi connectivity index (χ4v) is 3.03. The number of nitrogens with one attached hydrogen (secondary N) is 2. The van der Waals surface area contributed by atoms with Crippen LogP contribution >= 0.6 is 0 Å². The zero-order valence-electron chi connectivity index (χ0n) is 17.8. The van der Waals surface area contributed by atoms with Crippen LogP contribution in [0.4, 0.5) is 0 Å². The lowest BCUT2D eigenvalue weighted by Gasteiger charge is -2.31. The molecule has 0 aliphatic carbocycles. The van der Waals surface area contributed by atoms with Gasteiger partial charge in [-0.05, 0) is 52.5 Å². The lowest BCUT2D eigenvalue weighted by Crippen LogP contribution is -2.58. The van der Waals surface area contributed by atoms with Crippen molar-refractivity contribution >= 4 is 17.8 Å². The Balaban J connectivity index is 2.86. The Kier molecular flexibility index (Phi) is 9.22. The molecule has 0 aromatic rings. The highest BCUT2D eigenvalue weighted by atomic mass is 16.5. The van der Waals surface area contributed by atoms with Crippen LogP contribution in [0.2, 0.25) is 0 Å². The molecular formula is C20H37N3O4. The molecule has 0 saturated carbocycles. The van der Waals surface area contributed by atoms with E-state index in [1.165, 1.54) is 0 Å². The monoisotopic (exact) mass is 383 g/mol. The zero-order chi connectivity index (χ0) is 20.6. The number of hydrogen-bond donors (Lipinski definition) is 2. The topological polar surface area (TPSA) is 87.7 Å². The molecule has 1 heterocycles. The first kappa shape index (κ1) is 23.4. The summed E-state index contributed by atoms with van der Waals surface area (Å²) in [5, 5.41) is 5.84. The summed E-state index contributed by atoms with van der Waals surface area (Å²) in [6, 6.07) is -1.19. The summed E-state index contributed by atoms with van der Waals surface area (Å²) < 4.78 is 5.33. The first-order chi connectivity index (χ1) is 12.6. The summed E-state index contributed by atoms with van der Waals surface area (Å²) in [6.45, 7) is 10.5. The largest absolute Gasteiger partial charge is 0.464 e. The van der Waals surface area contributed by atoms with E-state index in [9.17, 15) is 14.4 Å². The maximum absolute atomic E-state index is 13.2. The Hall–Kier alpha value is -1.63. The third-order valence-electron chi connectivity index (χ3n) is 5.05. The second kappa shape index (κ2) is 10.6. The van der Waals surface area contributed by atoms with Gasteiger partial charge in [-0.3, -0.25) is 9.59 Å². The van der Waals surface area contributed by atoms with Crippen LogP contribution in [0.3, 0.4) is 0 Å². The van der Waals surface area contributed by atoms with Crippen LogP contribution < -0.4 is 10.6 Å². The molecule has 2 amide bonds. The van der Waals surface area contributed by atoms with Crippen LogP contribution in [-0.4, -0.2) is 60.5 Å². The first-order valence-electron chi connectivity index (χ1n) is 10.1. The SMILES string of the molecule is CCCCOC(=O)[C@@H]1CCCN1C(=O)[C@H](CC(C)C)NC(=O)C(C)(C)NC. The Morgan fingerprint density at radius 3 is 2.48 bits per heavy atom. The fourth-order valence-electron chi connectivity index (χ4n) is 3.03. The molecule has 7 nitrogen and oxygen atoms in total. The average Bonchev–Trinajstić information content (AvgIpc) is 3.09. The van der Waals surface area contributed by atoms with Crippen molar-refractivity contribution in [3.63, 3.8) is 0 Å². The van der Waals surface area contributed by atoms with E-state index in [0.29, 0.717) is 26.0 Å². The van der Waals surface area contributed by atoms with E-state index in [4.69, 9.17) is 4.74 Å². The first-order valence-corrected chi connectivity index (χ1v) is 10.1. The van der Waals surface area contributed by atoms with Crippen LogP contribution in [-0.2, 0) is 19.1 Å². The number of likely N-dealkylation sites (tertiary alicyclic amines) is 1. The fraction of sp³-hybridized carbons (Fsp3) is 0.850. The number of ether oxygens (including phenoxy) is 1. The normalized spacial score (nSPS) is 18.5. The molecule has 0 aromatic carbocycles. The van der Waals surface area contributed by atoms with Crippen molar-refractivity contribution in [3.05, 3.63) is 0 Å². The average molecular weight is 384 g/mol. The molecule has 0 spiro atoms. The number of likely N-dealkylation sites (N-methyl/N-ethyl adjacent to an activating group) is 1. The van der Waals surface area contributed by atoms with E-state index in [2.05, 4.69) is 10.6 Å². The molecule has 0 unspecified atom stereocenters. The standard InChI is InChI=1S/C20H37N3O4/c1-7-8-12-27-18(25)16-10-9-11-23(16)17(24)15(13-14(2)3)22-19(26)20(4,5)21-6/h14-16,21H,7-13H2,1-6H3,(H,22,26)/t15-,16-/m0/s1. The number of carbonyl (C=O) groups excluding carboxylic acids is 3. The number of amides is 2. The molecule has 7 heteroatoms. The highest BCUT2D eigenvalue weighted by Gasteiger charge is 2.39. The van der Waals surface area contributed by atoms with Gasteiger partial charge in [0.2, 0.25) is 11.8 Å². The predicted octanol–water partition coefficient (Wildman–Crippen LogP) is 1.85. The molecule has 2 atom stereocenters. The Bertz CT molecular complexity index is 519. The van der Waals surface area contributed by atoms with Crippen molar-refractivity contribution in [2.24, 2.45) is 5.92 Å². The molecule has 1 aliphatic heterocycles. The Morgan fingerprint density at radius 1 is 1.26 bits per heavy atom. The number of nitrogens with zero attached hydrogens (tertiary/aromatic N) is 1. The van der Waals surface area contributed by atoms with Gasteiger partial charge in [0, 0.05) is 6.54 Å². The van der Waals surface area contributed by atoms with Gasteiger partial charge in [0.25, 0.3) is 0 Å². The van der Waals surface area contributed by atoms with Gasteiger partial charge in [-0.1, -0.05) is 27.2 Å². The van der Waals surface area contributed by atoms with E-state index in [1.807, 2.05) is 20.8 Å². The van der Waals surface area contributed by atoms with Crippen LogP contribution in [0.15, 0.2) is 0 Å². The van der Waals surface area contributed by atoms with Gasteiger partial charge >= 0.3 is 5.97 Å². The van der Waals surface area contributed by atoms with E-state index in [0.717, 1.165) is 19.3 Å². The van der Waals surface area contributed by atoms with Crippen LogP contribution in [0.1, 0.15) is 66.7 Å². The summed E-state index contributed by atoms with van der Waals surface area (Å²) in [4.78, 5) is 39.7. The van der Waals surface area contributed by atoms with Crippen molar-refractivity contribution in [1.29, 1.82) is 0 Å². The summed E-state index contributed by atoms with van der Waals surface area (Å²) in [5.74, 6) is -0.529. The molecular weight excluding hydrogens is 346 g/mol. The number of rotatable bonds is 10. The Morgan fingerprint density at radius 2 is 1.93 bits per heavy atom. The molecule has 1 aliphatic rings. The second-order valence-electron chi connectivity index (χ2n) is 8.24. The third kappa shape index (κ3) is 6.79. The van der Waals surface area contributed by atoms with Crippen molar-refractivity contribution < 1.29 is 19.1 Å². The highest BCUT2D eigenvalue weighted by molar-refractivity contribution is 5.93. The van der Waals surface area contributed by atoms with E-state index in [1.54, 1.807) is 25.8 Å². The maximum Gasteiger partial charge on any atom is 0.328 e. The van der Waals surface area contributed by atoms with Gasteiger partial charge in [0.15, 0.2) is 0 Å². The van der Waals surface area contributed by atoms with Crippen LogP contribution in [0.5, 0.6) is 0 Å². The molecule has 0 bridgehead atoms. The molecule has 0 radical (unpaired) electrons. The molecule has 1 fully saturated rings. The summed E-state index contributed by atoms with van der Waals surface area (Å²) >= 11 is 0.